The summed E-state index contributed by atoms with van der Waals surface area (Å²) < 4.78 is 12.8. The van der Waals surface area contributed by atoms with Gasteiger partial charge in [-0.25, -0.2) is 4.39 Å². The van der Waals surface area contributed by atoms with E-state index in [9.17, 15) is 9.50 Å². The summed E-state index contributed by atoms with van der Waals surface area (Å²) in [5, 5.41) is 12.5. The van der Waals surface area contributed by atoms with Crippen molar-refractivity contribution in [3.63, 3.8) is 0 Å². The van der Waals surface area contributed by atoms with Gasteiger partial charge in [0.05, 0.1) is 6.10 Å². The zero-order valence-corrected chi connectivity index (χ0v) is 7.91. The molecule has 76 valence electrons. The molecule has 2 nitrogen and oxygen atoms in total. The fourth-order valence-corrected chi connectivity index (χ4v) is 1.62. The number of benzene rings is 1. The Kier molecular flexibility index (Phi) is 2.79. The lowest BCUT2D eigenvalue weighted by Crippen LogP contribution is -2.47. The molecule has 1 aromatic carbocycles. The fourth-order valence-electron chi connectivity index (χ4n) is 1.62. The summed E-state index contributed by atoms with van der Waals surface area (Å²) in [4.78, 5) is 0. The Morgan fingerprint density at radius 2 is 2.29 bits per heavy atom. The van der Waals surface area contributed by atoms with Gasteiger partial charge in [0.2, 0.25) is 0 Å². The normalized spacial score (nSPS) is 25.9. The summed E-state index contributed by atoms with van der Waals surface area (Å²) in [5.41, 5.74) is 0.920. The Labute approximate surface area is 82.8 Å². The molecule has 0 heterocycles. The molecule has 14 heavy (non-hydrogen) atoms. The van der Waals surface area contributed by atoms with Crippen molar-refractivity contribution in [2.45, 2.75) is 31.5 Å². The number of hydrogen-bond donors (Lipinski definition) is 2. The van der Waals surface area contributed by atoms with E-state index in [0.717, 1.165) is 18.4 Å². The summed E-state index contributed by atoms with van der Waals surface area (Å²) in [6.07, 6.45) is 1.67. The largest absolute Gasteiger partial charge is 0.392 e. The summed E-state index contributed by atoms with van der Waals surface area (Å²) in [7, 11) is 0. The molecule has 0 aromatic heterocycles. The van der Waals surface area contributed by atoms with Crippen LogP contribution in [-0.2, 0) is 6.54 Å². The quantitative estimate of drug-likeness (QED) is 0.765. The van der Waals surface area contributed by atoms with Crippen LogP contribution in [0.2, 0.25) is 0 Å². The number of aliphatic hydroxyl groups excluding tert-OH is 1. The van der Waals surface area contributed by atoms with Crippen LogP contribution in [0.15, 0.2) is 24.3 Å². The zero-order valence-electron chi connectivity index (χ0n) is 7.91. The molecule has 0 bridgehead atoms. The molecular weight excluding hydrogens is 181 g/mol. The van der Waals surface area contributed by atoms with Gasteiger partial charge in [0.1, 0.15) is 5.82 Å². The smallest absolute Gasteiger partial charge is 0.123 e. The van der Waals surface area contributed by atoms with E-state index in [2.05, 4.69) is 5.32 Å². The van der Waals surface area contributed by atoms with E-state index in [0.29, 0.717) is 6.54 Å². The molecule has 0 unspecified atom stereocenters. The highest BCUT2D eigenvalue weighted by atomic mass is 19.1. The summed E-state index contributed by atoms with van der Waals surface area (Å²) in [6, 6.07) is 6.71. The zero-order chi connectivity index (χ0) is 9.97. The van der Waals surface area contributed by atoms with Crippen molar-refractivity contribution in [2.75, 3.05) is 0 Å². The molecule has 1 saturated carbocycles. The maximum absolute atomic E-state index is 12.8. The van der Waals surface area contributed by atoms with E-state index in [-0.39, 0.29) is 18.0 Å². The summed E-state index contributed by atoms with van der Waals surface area (Å²) in [5.74, 6) is -0.210. The molecule has 0 aliphatic heterocycles. The van der Waals surface area contributed by atoms with E-state index in [1.165, 1.54) is 12.1 Å². The van der Waals surface area contributed by atoms with Crippen LogP contribution in [0.3, 0.4) is 0 Å². The monoisotopic (exact) mass is 195 g/mol. The third kappa shape index (κ3) is 2.11. The van der Waals surface area contributed by atoms with Gasteiger partial charge in [-0.15, -0.1) is 0 Å². The average Bonchev–Trinajstić information content (AvgIpc) is 2.16. The van der Waals surface area contributed by atoms with Crippen molar-refractivity contribution >= 4 is 0 Å². The minimum absolute atomic E-state index is 0.193. The molecule has 3 heteroatoms. The van der Waals surface area contributed by atoms with Crippen molar-refractivity contribution in [1.29, 1.82) is 0 Å². The van der Waals surface area contributed by atoms with Crippen LogP contribution in [0.25, 0.3) is 0 Å². The molecule has 1 aliphatic carbocycles. The van der Waals surface area contributed by atoms with Gasteiger partial charge in [0, 0.05) is 12.6 Å². The van der Waals surface area contributed by atoms with Crippen LogP contribution in [0.4, 0.5) is 4.39 Å². The minimum atomic E-state index is -0.219. The molecule has 1 aliphatic rings. The van der Waals surface area contributed by atoms with E-state index >= 15 is 0 Å². The van der Waals surface area contributed by atoms with Crippen LogP contribution in [-0.4, -0.2) is 17.3 Å². The first-order chi connectivity index (χ1) is 6.75. The van der Waals surface area contributed by atoms with Gasteiger partial charge in [-0.3, -0.25) is 0 Å². The predicted octanol–water partition coefficient (Wildman–Crippen LogP) is 1.44. The van der Waals surface area contributed by atoms with Gasteiger partial charge in [-0.1, -0.05) is 12.1 Å². The van der Waals surface area contributed by atoms with E-state index in [4.69, 9.17) is 0 Å². The maximum atomic E-state index is 12.8. The number of aliphatic hydroxyl groups is 1. The average molecular weight is 195 g/mol. The highest BCUT2D eigenvalue weighted by Gasteiger charge is 2.27. The van der Waals surface area contributed by atoms with E-state index in [1.807, 2.05) is 6.07 Å². The van der Waals surface area contributed by atoms with Gasteiger partial charge in [0.15, 0.2) is 0 Å². The Morgan fingerprint density at radius 1 is 1.43 bits per heavy atom. The molecule has 0 spiro atoms. The van der Waals surface area contributed by atoms with Crippen LogP contribution in [0.1, 0.15) is 18.4 Å². The van der Waals surface area contributed by atoms with Crippen molar-refractivity contribution < 1.29 is 9.50 Å². The van der Waals surface area contributed by atoms with E-state index in [1.54, 1.807) is 6.07 Å². The standard InChI is InChI=1S/C11H14FNO/c12-9-3-1-2-8(6-9)7-13-10-4-5-11(10)14/h1-3,6,10-11,13-14H,4-5,7H2/t10-,11-/m1/s1. The van der Waals surface area contributed by atoms with Crippen LogP contribution >= 0.6 is 0 Å². The first kappa shape index (κ1) is 9.62. The number of halogens is 1. The second kappa shape index (κ2) is 4.07. The van der Waals surface area contributed by atoms with Gasteiger partial charge in [-0.05, 0) is 30.5 Å². The third-order valence-electron chi connectivity index (χ3n) is 2.70. The second-order valence-electron chi connectivity index (χ2n) is 3.76. The lowest BCUT2D eigenvalue weighted by Gasteiger charge is -2.33. The number of rotatable bonds is 3. The lowest BCUT2D eigenvalue weighted by atomic mass is 9.89. The summed E-state index contributed by atoms with van der Waals surface area (Å²) in [6.45, 7) is 0.624. The highest BCUT2D eigenvalue weighted by Crippen LogP contribution is 2.19. The van der Waals surface area contributed by atoms with Crippen molar-refractivity contribution in [3.8, 4) is 0 Å². The molecule has 2 atom stereocenters. The topological polar surface area (TPSA) is 32.3 Å². The number of hydrogen-bond acceptors (Lipinski definition) is 2. The predicted molar refractivity (Wildman–Crippen MR) is 52.3 cm³/mol. The Hall–Kier alpha value is -0.930. The first-order valence-corrected chi connectivity index (χ1v) is 4.91. The van der Waals surface area contributed by atoms with Crippen LogP contribution in [0.5, 0.6) is 0 Å². The molecule has 2 rings (SSSR count). The number of nitrogens with one attached hydrogen (secondary N) is 1. The molecule has 1 aromatic rings. The molecule has 1 fully saturated rings. The minimum Gasteiger partial charge on any atom is -0.392 e. The summed E-state index contributed by atoms with van der Waals surface area (Å²) >= 11 is 0. The SMILES string of the molecule is O[C@@H]1CC[C@H]1NCc1cccc(F)c1. The molecule has 2 N–H and O–H groups in total. The molecule has 0 amide bonds. The Balaban J connectivity index is 1.85. The van der Waals surface area contributed by atoms with Crippen LogP contribution < -0.4 is 5.32 Å². The highest BCUT2D eigenvalue weighted by molar-refractivity contribution is 5.16. The molecular formula is C11H14FNO. The fraction of sp³-hybridized carbons (Fsp3) is 0.455. The molecule has 0 radical (unpaired) electrons. The van der Waals surface area contributed by atoms with Gasteiger partial charge >= 0.3 is 0 Å². The van der Waals surface area contributed by atoms with Crippen molar-refractivity contribution in [1.82, 2.24) is 5.32 Å². The van der Waals surface area contributed by atoms with Crippen LogP contribution in [0, 0.1) is 5.82 Å². The Morgan fingerprint density at radius 3 is 2.86 bits per heavy atom. The van der Waals surface area contributed by atoms with Crippen molar-refractivity contribution in [3.05, 3.63) is 35.6 Å². The first-order valence-electron chi connectivity index (χ1n) is 4.91. The second-order valence-corrected chi connectivity index (χ2v) is 3.76. The van der Waals surface area contributed by atoms with E-state index < -0.39 is 0 Å². The van der Waals surface area contributed by atoms with Gasteiger partial charge < -0.3 is 10.4 Å². The third-order valence-corrected chi connectivity index (χ3v) is 2.70. The molecule has 0 saturated heterocycles. The van der Waals surface area contributed by atoms with Gasteiger partial charge in [0.25, 0.3) is 0 Å². The Bertz CT molecular complexity index is 316. The lowest BCUT2D eigenvalue weighted by molar-refractivity contribution is 0.0493. The maximum Gasteiger partial charge on any atom is 0.123 e. The van der Waals surface area contributed by atoms with Crippen molar-refractivity contribution in [2.24, 2.45) is 0 Å². The van der Waals surface area contributed by atoms with Gasteiger partial charge in [-0.2, -0.15) is 0 Å².